The minimum Gasteiger partial charge on any atom is -0.364 e. The topological polar surface area (TPSA) is 46.6 Å². The summed E-state index contributed by atoms with van der Waals surface area (Å²) in [5.74, 6) is -0.600. The highest BCUT2D eigenvalue weighted by atomic mass is 16.5. The number of hydrogen-bond donors (Lipinski definition) is 0. The number of hydrogen-bond acceptors (Lipinski definition) is 3. The summed E-state index contributed by atoms with van der Waals surface area (Å²) in [6.07, 6.45) is 0. The predicted molar refractivity (Wildman–Crippen MR) is 66.3 cm³/mol. The Kier molecular flexibility index (Phi) is 2.38. The van der Waals surface area contributed by atoms with Crippen LogP contribution in [0.15, 0.2) is 36.4 Å². The third-order valence-electron chi connectivity index (χ3n) is 3.11. The quantitative estimate of drug-likeness (QED) is 0.756. The molecule has 2 aromatic rings. The summed E-state index contributed by atoms with van der Waals surface area (Å²) in [7, 11) is 1.46. The molecule has 4 heteroatoms. The lowest BCUT2D eigenvalue weighted by atomic mass is 9.94. The van der Waals surface area contributed by atoms with Gasteiger partial charge in [0.05, 0.1) is 0 Å². The van der Waals surface area contributed by atoms with Gasteiger partial charge in [0.1, 0.15) is 6.73 Å². The van der Waals surface area contributed by atoms with Crippen molar-refractivity contribution >= 4 is 22.6 Å². The zero-order valence-electron chi connectivity index (χ0n) is 9.84. The van der Waals surface area contributed by atoms with Gasteiger partial charge < -0.3 is 4.74 Å². The zero-order valence-corrected chi connectivity index (χ0v) is 9.84. The van der Waals surface area contributed by atoms with Crippen molar-refractivity contribution in [3.8, 4) is 0 Å². The molecule has 0 aromatic heterocycles. The number of ether oxygens (including phenoxy) is 1. The number of amides is 2. The van der Waals surface area contributed by atoms with Gasteiger partial charge in [-0.25, -0.2) is 0 Å². The Hall–Kier alpha value is -2.20. The van der Waals surface area contributed by atoms with Crippen molar-refractivity contribution in [2.24, 2.45) is 0 Å². The van der Waals surface area contributed by atoms with Crippen molar-refractivity contribution in [2.75, 3.05) is 13.8 Å². The molecule has 1 heterocycles. The Morgan fingerprint density at radius 3 is 2.06 bits per heavy atom. The Balaban J connectivity index is 2.32. The van der Waals surface area contributed by atoms with Crippen molar-refractivity contribution in [2.45, 2.75) is 0 Å². The van der Waals surface area contributed by atoms with E-state index in [2.05, 4.69) is 0 Å². The second-order valence-corrected chi connectivity index (χ2v) is 4.17. The third kappa shape index (κ3) is 1.36. The number of carbonyl (C=O) groups excluding carboxylic acids is 2. The zero-order chi connectivity index (χ0) is 12.7. The minimum absolute atomic E-state index is 0.0254. The van der Waals surface area contributed by atoms with Gasteiger partial charge in [-0.05, 0) is 17.5 Å². The Morgan fingerprint density at radius 1 is 1.00 bits per heavy atom. The molecule has 90 valence electrons. The fourth-order valence-electron chi connectivity index (χ4n) is 2.33. The molecule has 0 saturated heterocycles. The molecule has 0 aliphatic carbocycles. The van der Waals surface area contributed by atoms with Crippen LogP contribution in [-0.2, 0) is 4.74 Å². The number of nitrogens with zero attached hydrogens (tertiary/aromatic N) is 1. The third-order valence-corrected chi connectivity index (χ3v) is 3.11. The van der Waals surface area contributed by atoms with E-state index in [4.69, 9.17) is 4.74 Å². The maximum atomic E-state index is 12.2. The van der Waals surface area contributed by atoms with Gasteiger partial charge in [0.2, 0.25) is 0 Å². The summed E-state index contributed by atoms with van der Waals surface area (Å²) in [4.78, 5) is 25.6. The normalized spacial score (nSPS) is 14.4. The summed E-state index contributed by atoms with van der Waals surface area (Å²) in [6.45, 7) is -0.0254. The van der Waals surface area contributed by atoms with Crippen molar-refractivity contribution < 1.29 is 14.3 Å². The molecule has 3 rings (SSSR count). The maximum Gasteiger partial charge on any atom is 0.263 e. The van der Waals surface area contributed by atoms with Gasteiger partial charge in [-0.1, -0.05) is 24.3 Å². The van der Waals surface area contributed by atoms with Crippen LogP contribution in [0.2, 0.25) is 0 Å². The van der Waals surface area contributed by atoms with Gasteiger partial charge in [0.15, 0.2) is 0 Å². The van der Waals surface area contributed by atoms with Crippen molar-refractivity contribution in [3.63, 3.8) is 0 Å². The fourth-order valence-corrected chi connectivity index (χ4v) is 2.33. The molecular weight excluding hydrogens is 230 g/mol. The first-order valence-electron chi connectivity index (χ1n) is 5.61. The molecule has 1 aliphatic heterocycles. The monoisotopic (exact) mass is 241 g/mol. The van der Waals surface area contributed by atoms with E-state index in [9.17, 15) is 9.59 Å². The molecule has 0 radical (unpaired) electrons. The first-order valence-corrected chi connectivity index (χ1v) is 5.61. The van der Waals surface area contributed by atoms with Gasteiger partial charge in [-0.3, -0.25) is 14.5 Å². The van der Waals surface area contributed by atoms with Crippen LogP contribution in [0.1, 0.15) is 20.7 Å². The Bertz CT molecular complexity index is 612. The van der Waals surface area contributed by atoms with E-state index in [1.807, 2.05) is 24.3 Å². The minimum atomic E-state index is -0.300. The van der Waals surface area contributed by atoms with E-state index in [0.29, 0.717) is 11.1 Å². The summed E-state index contributed by atoms with van der Waals surface area (Å²) < 4.78 is 4.92. The van der Waals surface area contributed by atoms with Gasteiger partial charge in [-0.2, -0.15) is 0 Å². The van der Waals surface area contributed by atoms with E-state index < -0.39 is 0 Å². The first-order chi connectivity index (χ1) is 8.74. The van der Waals surface area contributed by atoms with Crippen LogP contribution in [0.3, 0.4) is 0 Å². The standard InChI is InChI=1S/C14H11NO3/c1-18-8-15-13(16)10-6-2-4-9-5-3-7-11(12(9)10)14(15)17/h2-7H,8H2,1H3. The van der Waals surface area contributed by atoms with Crippen LogP contribution in [0.5, 0.6) is 0 Å². The highest BCUT2D eigenvalue weighted by molar-refractivity contribution is 6.25. The molecule has 0 bridgehead atoms. The Labute approximate surface area is 104 Å². The fraction of sp³-hybridized carbons (Fsp3) is 0.143. The lowest BCUT2D eigenvalue weighted by Gasteiger charge is -2.26. The molecular formula is C14H11NO3. The highest BCUT2D eigenvalue weighted by Crippen LogP contribution is 2.29. The van der Waals surface area contributed by atoms with Gasteiger partial charge in [0, 0.05) is 23.6 Å². The molecule has 0 spiro atoms. The molecule has 0 saturated carbocycles. The van der Waals surface area contributed by atoms with Crippen molar-refractivity contribution in [3.05, 3.63) is 47.5 Å². The molecule has 18 heavy (non-hydrogen) atoms. The van der Waals surface area contributed by atoms with Crippen LogP contribution in [-0.4, -0.2) is 30.6 Å². The van der Waals surface area contributed by atoms with Crippen molar-refractivity contribution in [1.29, 1.82) is 0 Å². The second-order valence-electron chi connectivity index (χ2n) is 4.17. The van der Waals surface area contributed by atoms with E-state index in [1.165, 1.54) is 7.11 Å². The lowest BCUT2D eigenvalue weighted by Crippen LogP contribution is -2.41. The van der Waals surface area contributed by atoms with Crippen LogP contribution >= 0.6 is 0 Å². The van der Waals surface area contributed by atoms with Gasteiger partial charge >= 0.3 is 0 Å². The molecule has 4 nitrogen and oxygen atoms in total. The maximum absolute atomic E-state index is 12.2. The molecule has 2 aromatic carbocycles. The number of carbonyl (C=O) groups is 2. The molecule has 0 unspecified atom stereocenters. The van der Waals surface area contributed by atoms with Crippen LogP contribution in [0.4, 0.5) is 0 Å². The average Bonchev–Trinajstić information content (AvgIpc) is 2.40. The summed E-state index contributed by atoms with van der Waals surface area (Å²) in [6, 6.07) is 10.9. The van der Waals surface area contributed by atoms with E-state index in [0.717, 1.165) is 15.7 Å². The summed E-state index contributed by atoms with van der Waals surface area (Å²) >= 11 is 0. The smallest absolute Gasteiger partial charge is 0.263 e. The lowest BCUT2D eigenvalue weighted by molar-refractivity contribution is 0.0346. The number of imide groups is 1. The predicted octanol–water partition coefficient (Wildman–Crippen LogP) is 2.04. The van der Waals surface area contributed by atoms with E-state index in [1.54, 1.807) is 12.1 Å². The molecule has 1 aliphatic rings. The Morgan fingerprint density at radius 2 is 1.56 bits per heavy atom. The molecule has 2 amide bonds. The largest absolute Gasteiger partial charge is 0.364 e. The van der Waals surface area contributed by atoms with Crippen molar-refractivity contribution in [1.82, 2.24) is 4.90 Å². The summed E-state index contributed by atoms with van der Waals surface area (Å²) in [5, 5.41) is 1.64. The highest BCUT2D eigenvalue weighted by Gasteiger charge is 2.32. The SMILES string of the molecule is COCN1C(=O)c2cccc3cccc(c23)C1=O. The van der Waals surface area contributed by atoms with Crippen LogP contribution in [0, 0.1) is 0 Å². The van der Waals surface area contributed by atoms with E-state index in [-0.39, 0.29) is 18.5 Å². The number of benzene rings is 2. The average molecular weight is 241 g/mol. The summed E-state index contributed by atoms with van der Waals surface area (Å²) in [5.41, 5.74) is 1.11. The first kappa shape index (κ1) is 10.9. The molecule has 0 fully saturated rings. The second kappa shape index (κ2) is 3.92. The number of methoxy groups -OCH3 is 1. The number of rotatable bonds is 2. The molecule has 0 N–H and O–H groups in total. The van der Waals surface area contributed by atoms with Gasteiger partial charge in [0.25, 0.3) is 11.8 Å². The van der Waals surface area contributed by atoms with E-state index >= 15 is 0 Å². The van der Waals surface area contributed by atoms with Crippen LogP contribution < -0.4 is 0 Å². The van der Waals surface area contributed by atoms with Gasteiger partial charge in [-0.15, -0.1) is 0 Å². The molecule has 0 atom stereocenters. The van der Waals surface area contributed by atoms with Crippen LogP contribution in [0.25, 0.3) is 10.8 Å².